The maximum Gasteiger partial charge on any atom is 0.306 e. The second-order valence-corrected chi connectivity index (χ2v) is 9.97. The van der Waals surface area contributed by atoms with Gasteiger partial charge in [0.2, 0.25) is 0 Å². The van der Waals surface area contributed by atoms with Crippen molar-refractivity contribution in [3.8, 4) is 0 Å². The summed E-state index contributed by atoms with van der Waals surface area (Å²) in [6.07, 6.45) is 17.4. The zero-order chi connectivity index (χ0) is 22.0. The van der Waals surface area contributed by atoms with Crippen molar-refractivity contribution < 1.29 is 19.4 Å². The highest BCUT2D eigenvalue weighted by Gasteiger charge is 2.48. The summed E-state index contributed by atoms with van der Waals surface area (Å²) < 4.78 is 5.14. The number of fused-ring (bicyclic) bond motifs is 1. The number of unbranched alkanes of at least 4 members (excludes halogenated alkanes) is 5. The Morgan fingerprint density at radius 3 is 2.70 bits per heavy atom. The van der Waals surface area contributed by atoms with Crippen LogP contribution in [-0.2, 0) is 14.3 Å². The van der Waals surface area contributed by atoms with Crippen LogP contribution in [0.25, 0.3) is 0 Å². The smallest absolute Gasteiger partial charge is 0.306 e. The van der Waals surface area contributed by atoms with Crippen LogP contribution in [0.3, 0.4) is 0 Å². The molecule has 30 heavy (non-hydrogen) atoms. The summed E-state index contributed by atoms with van der Waals surface area (Å²) in [5.74, 6) is 1.21. The summed E-state index contributed by atoms with van der Waals surface area (Å²) in [4.78, 5) is 24.2. The number of rotatable bonds is 13. The minimum absolute atomic E-state index is 0.0522. The van der Waals surface area contributed by atoms with Gasteiger partial charge in [-0.05, 0) is 70.6 Å². The Labute approximate surface area is 183 Å². The number of hydrogen-bond acceptors (Lipinski definition) is 4. The average Bonchev–Trinajstić information content (AvgIpc) is 2.97. The van der Waals surface area contributed by atoms with Crippen molar-refractivity contribution in [3.05, 3.63) is 12.2 Å². The van der Waals surface area contributed by atoms with Gasteiger partial charge in [0.1, 0.15) is 5.78 Å². The van der Waals surface area contributed by atoms with E-state index in [1.165, 1.54) is 25.7 Å². The number of carbonyl (C=O) groups is 2. The molecular weight excluding hydrogens is 376 g/mol. The van der Waals surface area contributed by atoms with E-state index in [1.807, 2.05) is 13.8 Å². The van der Waals surface area contributed by atoms with Crippen LogP contribution >= 0.6 is 0 Å². The highest BCUT2D eigenvalue weighted by molar-refractivity contribution is 5.84. The van der Waals surface area contributed by atoms with E-state index in [4.69, 9.17) is 4.74 Å². The molecule has 1 N–H and O–H groups in total. The Morgan fingerprint density at radius 1 is 1.20 bits per heavy atom. The molecule has 2 rings (SSSR count). The molecule has 0 spiro atoms. The zero-order valence-corrected chi connectivity index (χ0v) is 19.5. The first kappa shape index (κ1) is 25.1. The Bertz CT molecular complexity index is 567. The molecule has 0 aromatic carbocycles. The normalized spacial score (nSPS) is 29.0. The Kier molecular flexibility index (Phi) is 10.6. The second kappa shape index (κ2) is 12.6. The number of aliphatic hydroxyl groups is 1. The number of ketones is 1. The molecule has 2 saturated carbocycles. The van der Waals surface area contributed by atoms with Crippen molar-refractivity contribution in [1.29, 1.82) is 0 Å². The fraction of sp³-hybridized carbons (Fsp3) is 0.846. The second-order valence-electron chi connectivity index (χ2n) is 9.97. The molecule has 0 heterocycles. The Balaban J connectivity index is 1.70. The van der Waals surface area contributed by atoms with Crippen LogP contribution in [0.4, 0.5) is 0 Å². The number of Topliss-reactive ketones (excluding diaryl/α,β-unsaturated/α-hetero) is 1. The van der Waals surface area contributed by atoms with E-state index in [0.717, 1.165) is 51.4 Å². The molecule has 0 radical (unpaired) electrons. The minimum Gasteiger partial charge on any atom is -0.463 e. The van der Waals surface area contributed by atoms with Gasteiger partial charge in [-0.3, -0.25) is 9.59 Å². The Hall–Kier alpha value is -1.16. The third kappa shape index (κ3) is 8.17. The first-order valence-electron chi connectivity index (χ1n) is 12.4. The SMILES string of the molecule is CCCCCCC[C@@]1(O)CC[C@H]2C(CC(=O)C2C/C=C\CCCC(=O)OC(C)C)C1. The summed E-state index contributed by atoms with van der Waals surface area (Å²) >= 11 is 0. The molecule has 2 aliphatic carbocycles. The summed E-state index contributed by atoms with van der Waals surface area (Å²) in [6.45, 7) is 5.95. The van der Waals surface area contributed by atoms with Crippen LogP contribution in [-0.4, -0.2) is 28.6 Å². The minimum atomic E-state index is -0.539. The highest BCUT2D eigenvalue weighted by atomic mass is 16.5. The molecule has 172 valence electrons. The first-order chi connectivity index (χ1) is 14.3. The van der Waals surface area contributed by atoms with Crippen molar-refractivity contribution in [2.24, 2.45) is 17.8 Å². The maximum atomic E-state index is 12.6. The predicted octanol–water partition coefficient (Wildman–Crippen LogP) is 6.15. The zero-order valence-electron chi connectivity index (χ0n) is 19.5. The maximum absolute atomic E-state index is 12.6. The molecule has 2 fully saturated rings. The third-order valence-electron chi connectivity index (χ3n) is 7.01. The van der Waals surface area contributed by atoms with Crippen LogP contribution in [0.2, 0.25) is 0 Å². The van der Waals surface area contributed by atoms with E-state index < -0.39 is 5.60 Å². The molecule has 4 heteroatoms. The van der Waals surface area contributed by atoms with Gasteiger partial charge in [-0.15, -0.1) is 0 Å². The molecule has 0 aliphatic heterocycles. The van der Waals surface area contributed by atoms with Gasteiger partial charge in [0.05, 0.1) is 11.7 Å². The van der Waals surface area contributed by atoms with Gasteiger partial charge in [0.25, 0.3) is 0 Å². The van der Waals surface area contributed by atoms with Gasteiger partial charge in [0, 0.05) is 18.8 Å². The van der Waals surface area contributed by atoms with Crippen LogP contribution < -0.4 is 0 Å². The van der Waals surface area contributed by atoms with Gasteiger partial charge in [-0.2, -0.15) is 0 Å². The van der Waals surface area contributed by atoms with Crippen molar-refractivity contribution in [3.63, 3.8) is 0 Å². The lowest BCUT2D eigenvalue weighted by Gasteiger charge is -2.40. The van der Waals surface area contributed by atoms with E-state index in [-0.39, 0.29) is 18.0 Å². The van der Waals surface area contributed by atoms with E-state index in [1.54, 1.807) is 0 Å². The number of allylic oxidation sites excluding steroid dienone is 2. The van der Waals surface area contributed by atoms with Crippen molar-refractivity contribution in [2.45, 2.75) is 122 Å². The standard InChI is InChI=1S/C26H44O4/c1-4-5-6-9-12-16-26(29)17-15-22-21(19-26)18-24(27)23(22)13-10-7-8-11-14-25(28)30-20(2)3/h7,10,20-23,29H,4-6,8-9,11-19H2,1-3H3/b10-7-/t21?,22-,23?,26+/m0/s1. The fourth-order valence-corrected chi connectivity index (χ4v) is 5.45. The van der Waals surface area contributed by atoms with E-state index in [0.29, 0.717) is 30.5 Å². The predicted molar refractivity (Wildman–Crippen MR) is 121 cm³/mol. The first-order valence-corrected chi connectivity index (χ1v) is 12.4. The Morgan fingerprint density at radius 2 is 1.97 bits per heavy atom. The third-order valence-corrected chi connectivity index (χ3v) is 7.01. The highest BCUT2D eigenvalue weighted by Crippen LogP contribution is 2.49. The molecule has 2 unspecified atom stereocenters. The number of ether oxygens (including phenoxy) is 1. The summed E-state index contributed by atoms with van der Waals surface area (Å²) in [7, 11) is 0. The molecule has 0 aromatic heterocycles. The fourth-order valence-electron chi connectivity index (χ4n) is 5.45. The lowest BCUT2D eigenvalue weighted by atomic mass is 9.69. The van der Waals surface area contributed by atoms with Crippen LogP contribution in [0.15, 0.2) is 12.2 Å². The molecule has 0 saturated heterocycles. The summed E-state index contributed by atoms with van der Waals surface area (Å²) in [5, 5.41) is 11.1. The van der Waals surface area contributed by atoms with Crippen molar-refractivity contribution in [1.82, 2.24) is 0 Å². The lowest BCUT2D eigenvalue weighted by molar-refractivity contribution is -0.147. The topological polar surface area (TPSA) is 63.6 Å². The lowest BCUT2D eigenvalue weighted by Crippen LogP contribution is -2.38. The van der Waals surface area contributed by atoms with Crippen LogP contribution in [0, 0.1) is 17.8 Å². The van der Waals surface area contributed by atoms with Gasteiger partial charge in [-0.1, -0.05) is 51.2 Å². The average molecular weight is 421 g/mol. The quantitative estimate of drug-likeness (QED) is 0.220. The molecule has 4 atom stereocenters. The molecule has 0 bridgehead atoms. The van der Waals surface area contributed by atoms with Crippen LogP contribution in [0.5, 0.6) is 0 Å². The number of hydrogen-bond donors (Lipinski definition) is 1. The van der Waals surface area contributed by atoms with Crippen LogP contribution in [0.1, 0.15) is 111 Å². The molecule has 2 aliphatic rings. The van der Waals surface area contributed by atoms with E-state index in [2.05, 4.69) is 19.1 Å². The molecule has 0 amide bonds. The number of carbonyl (C=O) groups excluding carboxylic acids is 2. The largest absolute Gasteiger partial charge is 0.463 e. The summed E-state index contributed by atoms with van der Waals surface area (Å²) in [5.41, 5.74) is -0.539. The van der Waals surface area contributed by atoms with Gasteiger partial charge < -0.3 is 9.84 Å². The number of esters is 1. The molecular formula is C26H44O4. The van der Waals surface area contributed by atoms with E-state index >= 15 is 0 Å². The molecule has 4 nitrogen and oxygen atoms in total. The monoisotopic (exact) mass is 420 g/mol. The van der Waals surface area contributed by atoms with Gasteiger partial charge in [0.15, 0.2) is 0 Å². The molecule has 0 aromatic rings. The summed E-state index contributed by atoms with van der Waals surface area (Å²) in [6, 6.07) is 0. The van der Waals surface area contributed by atoms with E-state index in [9.17, 15) is 14.7 Å². The van der Waals surface area contributed by atoms with Gasteiger partial charge in [-0.25, -0.2) is 0 Å². The van der Waals surface area contributed by atoms with Gasteiger partial charge >= 0.3 is 5.97 Å². The van der Waals surface area contributed by atoms with Crippen molar-refractivity contribution in [2.75, 3.05) is 0 Å². The van der Waals surface area contributed by atoms with Crippen molar-refractivity contribution >= 4 is 11.8 Å².